The van der Waals surface area contributed by atoms with Gasteiger partial charge < -0.3 is 0 Å². The van der Waals surface area contributed by atoms with Gasteiger partial charge in [0.15, 0.2) is 0 Å². The maximum absolute atomic E-state index is 13.2. The minimum atomic E-state index is -0.991. The van der Waals surface area contributed by atoms with E-state index in [0.717, 1.165) is 0 Å². The molecular weight excluding hydrogens is 148 g/mol. The first kappa shape index (κ1) is 8.91. The summed E-state index contributed by atoms with van der Waals surface area (Å²) in [5, 5.41) is 0.640. The number of nitrogens with zero attached hydrogens (tertiary/aromatic N) is 1. The van der Waals surface area contributed by atoms with Gasteiger partial charge in [-0.15, -0.1) is 9.60 Å². The minimum absolute atomic E-state index is 0.224. The first-order chi connectivity index (χ1) is 4.98. The van der Waals surface area contributed by atoms with Crippen molar-refractivity contribution in [3.63, 3.8) is 0 Å². The van der Waals surface area contributed by atoms with Gasteiger partial charge >= 0.3 is 0 Å². The van der Waals surface area contributed by atoms with Crippen molar-refractivity contribution in [3.05, 3.63) is 0 Å². The minimum Gasteiger partial charge on any atom is -0.245 e. The van der Waals surface area contributed by atoms with Crippen LogP contribution in [0.3, 0.4) is 0 Å². The van der Waals surface area contributed by atoms with Crippen molar-refractivity contribution in [2.75, 3.05) is 0 Å². The average molecular weight is 163 g/mol. The van der Waals surface area contributed by atoms with Gasteiger partial charge in [-0.2, -0.15) is 0 Å². The standard InChI is InChI=1S/C8H15F2N/c1-6(2)11(10)8(3)5-4-7(8)9/h6-7H,4-5H2,1-3H3. The fourth-order valence-electron chi connectivity index (χ4n) is 1.50. The molecule has 0 aromatic carbocycles. The summed E-state index contributed by atoms with van der Waals surface area (Å²) in [6, 6.07) is -0.224. The van der Waals surface area contributed by atoms with E-state index in [2.05, 4.69) is 0 Å². The van der Waals surface area contributed by atoms with Gasteiger partial charge in [-0.3, -0.25) is 0 Å². The SMILES string of the molecule is CC(C)N(F)C1(C)CCC1F. The van der Waals surface area contributed by atoms with E-state index in [1.54, 1.807) is 20.8 Å². The Morgan fingerprint density at radius 3 is 2.18 bits per heavy atom. The first-order valence-corrected chi connectivity index (χ1v) is 4.07. The Hall–Kier alpha value is -0.180. The number of alkyl halides is 1. The Bertz CT molecular complexity index is 149. The maximum Gasteiger partial charge on any atom is 0.121 e. The Labute approximate surface area is 66.3 Å². The van der Waals surface area contributed by atoms with Gasteiger partial charge in [0, 0.05) is 6.04 Å². The van der Waals surface area contributed by atoms with E-state index in [0.29, 0.717) is 18.0 Å². The van der Waals surface area contributed by atoms with Gasteiger partial charge in [-0.05, 0) is 33.6 Å². The largest absolute Gasteiger partial charge is 0.245 e. The van der Waals surface area contributed by atoms with Crippen LogP contribution in [0.15, 0.2) is 0 Å². The normalized spacial score (nSPS) is 37.9. The molecule has 1 aliphatic carbocycles. The Morgan fingerprint density at radius 1 is 1.55 bits per heavy atom. The zero-order valence-electron chi connectivity index (χ0n) is 7.27. The van der Waals surface area contributed by atoms with Crippen LogP contribution in [-0.2, 0) is 0 Å². The molecule has 0 bridgehead atoms. The maximum atomic E-state index is 13.2. The van der Waals surface area contributed by atoms with Gasteiger partial charge in [0.2, 0.25) is 0 Å². The average Bonchev–Trinajstić information content (AvgIpc) is 1.98. The lowest BCUT2D eigenvalue weighted by Crippen LogP contribution is -2.58. The lowest BCUT2D eigenvalue weighted by atomic mass is 9.76. The van der Waals surface area contributed by atoms with Crippen molar-refractivity contribution in [1.82, 2.24) is 5.12 Å². The lowest BCUT2D eigenvalue weighted by Gasteiger charge is -2.47. The second-order valence-corrected chi connectivity index (χ2v) is 3.77. The van der Waals surface area contributed by atoms with Crippen LogP contribution in [0.1, 0.15) is 33.6 Å². The van der Waals surface area contributed by atoms with Crippen molar-refractivity contribution in [3.8, 4) is 0 Å². The monoisotopic (exact) mass is 163 g/mol. The highest BCUT2D eigenvalue weighted by atomic mass is 19.2. The summed E-state index contributed by atoms with van der Waals surface area (Å²) in [7, 11) is 0. The molecule has 0 aliphatic heterocycles. The smallest absolute Gasteiger partial charge is 0.121 e. The molecule has 1 rings (SSSR count). The summed E-state index contributed by atoms with van der Waals surface area (Å²) in [6.07, 6.45) is 0.141. The highest BCUT2D eigenvalue weighted by Gasteiger charge is 2.49. The first-order valence-electron chi connectivity index (χ1n) is 4.07. The Morgan fingerprint density at radius 2 is 2.09 bits per heavy atom. The third kappa shape index (κ3) is 1.26. The zero-order valence-corrected chi connectivity index (χ0v) is 7.27. The number of rotatable bonds is 2. The summed E-state index contributed by atoms with van der Waals surface area (Å²) >= 11 is 0. The molecule has 11 heavy (non-hydrogen) atoms. The zero-order chi connectivity index (χ0) is 8.65. The predicted molar refractivity (Wildman–Crippen MR) is 40.6 cm³/mol. The second-order valence-electron chi connectivity index (χ2n) is 3.77. The molecule has 1 saturated carbocycles. The molecule has 66 valence electrons. The van der Waals surface area contributed by atoms with Gasteiger partial charge in [0.1, 0.15) is 6.17 Å². The molecule has 1 nitrogen and oxygen atoms in total. The molecule has 0 amide bonds. The van der Waals surface area contributed by atoms with Crippen LogP contribution in [-0.4, -0.2) is 22.9 Å². The molecule has 0 spiro atoms. The Balaban J connectivity index is 2.58. The highest BCUT2D eigenvalue weighted by molar-refractivity contribution is 5.00. The molecule has 0 N–H and O–H groups in total. The molecular formula is C8H15F2N. The third-order valence-electron chi connectivity index (χ3n) is 2.52. The van der Waals surface area contributed by atoms with E-state index < -0.39 is 11.7 Å². The molecule has 0 heterocycles. The molecule has 2 unspecified atom stereocenters. The van der Waals surface area contributed by atoms with Crippen molar-refractivity contribution in [1.29, 1.82) is 0 Å². The molecule has 0 radical (unpaired) electrons. The molecule has 2 atom stereocenters. The predicted octanol–water partition coefficient (Wildman–Crippen LogP) is 2.47. The van der Waals surface area contributed by atoms with E-state index in [-0.39, 0.29) is 6.04 Å². The van der Waals surface area contributed by atoms with Gasteiger partial charge in [-0.25, -0.2) is 4.39 Å². The van der Waals surface area contributed by atoms with Crippen molar-refractivity contribution in [2.24, 2.45) is 0 Å². The van der Waals surface area contributed by atoms with Crippen molar-refractivity contribution in [2.45, 2.75) is 51.4 Å². The summed E-state index contributed by atoms with van der Waals surface area (Å²) in [5.74, 6) is 0. The number of halogens is 2. The Kier molecular flexibility index (Phi) is 2.19. The fourth-order valence-corrected chi connectivity index (χ4v) is 1.50. The lowest BCUT2D eigenvalue weighted by molar-refractivity contribution is -0.173. The molecule has 0 aromatic rings. The van der Waals surface area contributed by atoms with Gasteiger partial charge in [-0.1, -0.05) is 0 Å². The molecule has 1 aliphatic rings. The van der Waals surface area contributed by atoms with E-state index >= 15 is 0 Å². The third-order valence-corrected chi connectivity index (χ3v) is 2.52. The number of hydrogen-bond acceptors (Lipinski definition) is 1. The van der Waals surface area contributed by atoms with Crippen LogP contribution in [0.5, 0.6) is 0 Å². The molecule has 0 saturated heterocycles. The van der Waals surface area contributed by atoms with E-state index in [1.165, 1.54) is 0 Å². The van der Waals surface area contributed by atoms with Gasteiger partial charge in [0.05, 0.1) is 5.54 Å². The van der Waals surface area contributed by atoms with Crippen LogP contribution >= 0.6 is 0 Å². The van der Waals surface area contributed by atoms with Crippen molar-refractivity contribution < 1.29 is 8.87 Å². The summed E-state index contributed by atoms with van der Waals surface area (Å²) in [5.41, 5.74) is -0.839. The van der Waals surface area contributed by atoms with E-state index in [1.807, 2.05) is 0 Å². The summed E-state index contributed by atoms with van der Waals surface area (Å²) in [6.45, 7) is 5.10. The van der Waals surface area contributed by atoms with Crippen molar-refractivity contribution >= 4 is 0 Å². The fraction of sp³-hybridized carbons (Fsp3) is 1.00. The van der Waals surface area contributed by atoms with E-state index in [4.69, 9.17) is 0 Å². The number of hydrogen-bond donors (Lipinski definition) is 0. The van der Waals surface area contributed by atoms with Gasteiger partial charge in [0.25, 0.3) is 0 Å². The highest BCUT2D eigenvalue weighted by Crippen LogP contribution is 2.41. The topological polar surface area (TPSA) is 3.24 Å². The van der Waals surface area contributed by atoms with Crippen LogP contribution in [0.25, 0.3) is 0 Å². The molecule has 3 heteroatoms. The summed E-state index contributed by atoms with van der Waals surface area (Å²) < 4.78 is 26.1. The van der Waals surface area contributed by atoms with Crippen LogP contribution in [0.2, 0.25) is 0 Å². The summed E-state index contributed by atoms with van der Waals surface area (Å²) in [4.78, 5) is 0. The van der Waals surface area contributed by atoms with Crippen LogP contribution in [0.4, 0.5) is 8.87 Å². The second kappa shape index (κ2) is 2.70. The quantitative estimate of drug-likeness (QED) is 0.565. The molecule has 1 fully saturated rings. The van der Waals surface area contributed by atoms with Crippen LogP contribution < -0.4 is 0 Å². The van der Waals surface area contributed by atoms with Crippen LogP contribution in [0, 0.1) is 0 Å². The van der Waals surface area contributed by atoms with E-state index in [9.17, 15) is 8.87 Å². The molecule has 0 aromatic heterocycles.